The van der Waals surface area contributed by atoms with Crippen LogP contribution in [0.3, 0.4) is 0 Å². The topological polar surface area (TPSA) is 52.6 Å². The molecule has 0 atom stereocenters. The van der Waals surface area contributed by atoms with Gasteiger partial charge < -0.3 is 14.7 Å². The van der Waals surface area contributed by atoms with E-state index < -0.39 is 0 Å². The maximum absolute atomic E-state index is 12.7. The van der Waals surface area contributed by atoms with Gasteiger partial charge in [-0.15, -0.1) is 10.2 Å². The lowest BCUT2D eigenvalue weighted by molar-refractivity contribution is 0.0987. The van der Waals surface area contributed by atoms with Gasteiger partial charge in [0.15, 0.2) is 11.5 Å². The van der Waals surface area contributed by atoms with Gasteiger partial charge in [0, 0.05) is 44.6 Å². The minimum Gasteiger partial charge on any atom is -0.368 e. The molecule has 0 unspecified atom stereocenters. The Morgan fingerprint density at radius 3 is 2.24 bits per heavy atom. The average molecular weight is 387 g/mol. The van der Waals surface area contributed by atoms with Crippen molar-refractivity contribution in [3.63, 3.8) is 0 Å². The van der Waals surface area contributed by atoms with E-state index in [1.165, 1.54) is 11.3 Å². The number of hydrogen-bond acceptors (Lipinski definition) is 5. The maximum atomic E-state index is 12.7. The molecule has 0 radical (unpaired) electrons. The van der Waals surface area contributed by atoms with Crippen LogP contribution in [0, 0.1) is 6.92 Å². The van der Waals surface area contributed by atoms with Crippen molar-refractivity contribution >= 4 is 23.1 Å². The van der Waals surface area contributed by atoms with E-state index in [1.54, 1.807) is 18.0 Å². The van der Waals surface area contributed by atoms with E-state index in [2.05, 4.69) is 51.2 Å². The molecule has 1 aliphatic heterocycles. The van der Waals surface area contributed by atoms with Gasteiger partial charge >= 0.3 is 0 Å². The van der Waals surface area contributed by atoms with Crippen LogP contribution in [0.1, 0.15) is 16.1 Å². The lowest BCUT2D eigenvalue weighted by Crippen LogP contribution is -2.47. The molecule has 0 N–H and O–H groups in total. The molecule has 6 nitrogen and oxygen atoms in total. The van der Waals surface area contributed by atoms with E-state index >= 15 is 0 Å². The number of aryl methyl sites for hydroxylation is 1. The zero-order valence-corrected chi connectivity index (χ0v) is 16.8. The highest BCUT2D eigenvalue weighted by Crippen LogP contribution is 2.20. The number of benzene rings is 2. The first-order valence-electron chi connectivity index (χ1n) is 9.85. The number of carbonyl (C=O) groups is 1. The van der Waals surface area contributed by atoms with Gasteiger partial charge in [-0.25, -0.2) is 0 Å². The second-order valence-electron chi connectivity index (χ2n) is 7.29. The molecular formula is C23H25N5O. The highest BCUT2D eigenvalue weighted by Gasteiger charge is 2.20. The Hall–Kier alpha value is -3.41. The predicted molar refractivity (Wildman–Crippen MR) is 117 cm³/mol. The molecule has 29 heavy (non-hydrogen) atoms. The Bertz CT molecular complexity index is 966. The summed E-state index contributed by atoms with van der Waals surface area (Å²) in [4.78, 5) is 18.9. The zero-order valence-electron chi connectivity index (χ0n) is 16.8. The molecule has 0 aliphatic carbocycles. The van der Waals surface area contributed by atoms with Crippen LogP contribution in [-0.4, -0.2) is 49.3 Å². The largest absolute Gasteiger partial charge is 0.368 e. The fraction of sp³-hybridized carbons (Fsp3) is 0.261. The fourth-order valence-electron chi connectivity index (χ4n) is 3.57. The molecule has 4 rings (SSSR count). The quantitative estimate of drug-likeness (QED) is 0.687. The first kappa shape index (κ1) is 18.9. The van der Waals surface area contributed by atoms with Crippen molar-refractivity contribution in [1.29, 1.82) is 0 Å². The SMILES string of the molecule is Cc1cccc(N2CCN(c3ccc(C(=O)N(C)c4ccccc4)nn3)CC2)c1. The van der Waals surface area contributed by atoms with Crippen LogP contribution in [0.15, 0.2) is 66.7 Å². The van der Waals surface area contributed by atoms with E-state index in [1.807, 2.05) is 36.4 Å². The Morgan fingerprint density at radius 1 is 0.862 bits per heavy atom. The maximum Gasteiger partial charge on any atom is 0.278 e. The summed E-state index contributed by atoms with van der Waals surface area (Å²) >= 11 is 0. The van der Waals surface area contributed by atoms with E-state index in [0.29, 0.717) is 5.69 Å². The molecule has 2 heterocycles. The molecule has 2 aromatic carbocycles. The van der Waals surface area contributed by atoms with Crippen LogP contribution in [0.2, 0.25) is 0 Å². The lowest BCUT2D eigenvalue weighted by atomic mass is 10.2. The molecule has 1 aliphatic rings. The van der Waals surface area contributed by atoms with Crippen LogP contribution >= 0.6 is 0 Å². The first-order chi connectivity index (χ1) is 14.1. The van der Waals surface area contributed by atoms with Gasteiger partial charge in [-0.3, -0.25) is 4.79 Å². The Labute approximate surface area is 171 Å². The number of nitrogens with zero attached hydrogens (tertiary/aromatic N) is 5. The van der Waals surface area contributed by atoms with E-state index in [4.69, 9.17) is 0 Å². The predicted octanol–water partition coefficient (Wildman–Crippen LogP) is 3.39. The third-order valence-electron chi connectivity index (χ3n) is 5.29. The molecule has 1 fully saturated rings. The van der Waals surface area contributed by atoms with Crippen molar-refractivity contribution in [3.05, 3.63) is 78.0 Å². The summed E-state index contributed by atoms with van der Waals surface area (Å²) in [6, 6.07) is 21.8. The molecule has 1 amide bonds. The normalized spacial score (nSPS) is 14.0. The van der Waals surface area contributed by atoms with Crippen LogP contribution < -0.4 is 14.7 Å². The molecule has 0 bridgehead atoms. The summed E-state index contributed by atoms with van der Waals surface area (Å²) in [5, 5.41) is 8.51. The second kappa shape index (κ2) is 8.31. The summed E-state index contributed by atoms with van der Waals surface area (Å²) < 4.78 is 0. The van der Waals surface area contributed by atoms with E-state index in [-0.39, 0.29) is 5.91 Å². The first-order valence-corrected chi connectivity index (χ1v) is 9.85. The second-order valence-corrected chi connectivity index (χ2v) is 7.29. The Morgan fingerprint density at radius 2 is 1.59 bits per heavy atom. The van der Waals surface area contributed by atoms with E-state index in [0.717, 1.165) is 37.7 Å². The number of anilines is 3. The van der Waals surface area contributed by atoms with Crippen molar-refractivity contribution < 1.29 is 4.79 Å². The van der Waals surface area contributed by atoms with Gasteiger partial charge in [0.1, 0.15) is 0 Å². The monoisotopic (exact) mass is 387 g/mol. The third-order valence-corrected chi connectivity index (χ3v) is 5.29. The molecule has 0 spiro atoms. The number of para-hydroxylation sites is 1. The molecule has 6 heteroatoms. The standard InChI is InChI=1S/C23H25N5O/c1-18-7-6-10-20(17-18)27-13-15-28(16-14-27)22-12-11-21(24-25-22)23(29)26(2)19-8-4-3-5-9-19/h3-12,17H,13-16H2,1-2H3. The van der Waals surface area contributed by atoms with Crippen molar-refractivity contribution in [2.75, 3.05) is 47.9 Å². The Kier molecular flexibility index (Phi) is 5.42. The summed E-state index contributed by atoms with van der Waals surface area (Å²) in [5.74, 6) is 0.646. The van der Waals surface area contributed by atoms with Gasteiger partial charge in [-0.2, -0.15) is 0 Å². The van der Waals surface area contributed by atoms with Crippen molar-refractivity contribution in [2.45, 2.75) is 6.92 Å². The van der Waals surface area contributed by atoms with Crippen LogP contribution in [0.5, 0.6) is 0 Å². The van der Waals surface area contributed by atoms with Crippen LogP contribution in [-0.2, 0) is 0 Å². The van der Waals surface area contributed by atoms with Gasteiger partial charge in [0.2, 0.25) is 0 Å². The third kappa shape index (κ3) is 4.21. The number of piperazine rings is 1. The molecule has 0 saturated carbocycles. The minimum atomic E-state index is -0.167. The Balaban J connectivity index is 1.39. The number of aromatic nitrogens is 2. The van der Waals surface area contributed by atoms with Gasteiger partial charge in [0.25, 0.3) is 5.91 Å². The molecular weight excluding hydrogens is 362 g/mol. The number of rotatable bonds is 4. The average Bonchev–Trinajstić information content (AvgIpc) is 2.79. The number of amides is 1. The highest BCUT2D eigenvalue weighted by atomic mass is 16.2. The van der Waals surface area contributed by atoms with E-state index in [9.17, 15) is 4.79 Å². The molecule has 148 valence electrons. The van der Waals surface area contributed by atoms with Crippen LogP contribution in [0.25, 0.3) is 0 Å². The smallest absolute Gasteiger partial charge is 0.278 e. The highest BCUT2D eigenvalue weighted by molar-refractivity contribution is 6.04. The zero-order chi connectivity index (χ0) is 20.2. The molecule has 1 aromatic heterocycles. The number of carbonyl (C=O) groups excluding carboxylic acids is 1. The lowest BCUT2D eigenvalue weighted by Gasteiger charge is -2.36. The molecule has 1 saturated heterocycles. The fourth-order valence-corrected chi connectivity index (χ4v) is 3.57. The van der Waals surface area contributed by atoms with Crippen molar-refractivity contribution in [2.24, 2.45) is 0 Å². The van der Waals surface area contributed by atoms with Gasteiger partial charge in [-0.1, -0.05) is 30.3 Å². The van der Waals surface area contributed by atoms with Crippen molar-refractivity contribution in [3.8, 4) is 0 Å². The van der Waals surface area contributed by atoms with Gasteiger partial charge in [0.05, 0.1) is 0 Å². The summed E-state index contributed by atoms with van der Waals surface area (Å²) in [6.45, 7) is 5.73. The molecule has 3 aromatic rings. The van der Waals surface area contributed by atoms with Crippen molar-refractivity contribution in [1.82, 2.24) is 10.2 Å². The summed E-state index contributed by atoms with van der Waals surface area (Å²) in [6.07, 6.45) is 0. The van der Waals surface area contributed by atoms with Gasteiger partial charge in [-0.05, 0) is 48.9 Å². The number of hydrogen-bond donors (Lipinski definition) is 0. The minimum absolute atomic E-state index is 0.167. The summed E-state index contributed by atoms with van der Waals surface area (Å²) in [5.41, 5.74) is 3.71. The van der Waals surface area contributed by atoms with Crippen LogP contribution in [0.4, 0.5) is 17.2 Å². The summed E-state index contributed by atoms with van der Waals surface area (Å²) in [7, 11) is 1.75.